The van der Waals surface area contributed by atoms with Crippen LogP contribution in [-0.2, 0) is 23.0 Å². The van der Waals surface area contributed by atoms with Gasteiger partial charge >= 0.3 is 0 Å². The molecule has 4 rings (SSSR count). The number of carbonyl (C=O) groups excluding carboxylic acids is 1. The van der Waals surface area contributed by atoms with Crippen molar-refractivity contribution in [2.75, 3.05) is 26.0 Å². The minimum Gasteiger partial charge on any atom is -0.497 e. The number of fused-ring (bicyclic) bond motifs is 1. The molecule has 1 aliphatic rings. The zero-order valence-corrected chi connectivity index (χ0v) is 19.2. The Kier molecular flexibility index (Phi) is 6.96. The zero-order valence-electron chi connectivity index (χ0n) is 18.4. The van der Waals surface area contributed by atoms with Gasteiger partial charge in [-0.25, -0.2) is 8.42 Å². The van der Waals surface area contributed by atoms with E-state index in [1.165, 1.54) is 4.31 Å². The molecule has 172 valence electrons. The van der Waals surface area contributed by atoms with Gasteiger partial charge in [-0.2, -0.15) is 4.31 Å². The summed E-state index contributed by atoms with van der Waals surface area (Å²) in [5.41, 5.74) is 2.42. The van der Waals surface area contributed by atoms with Gasteiger partial charge in [0.1, 0.15) is 17.2 Å². The molecule has 0 aliphatic carbocycles. The molecule has 0 radical (unpaired) electrons. The van der Waals surface area contributed by atoms with Gasteiger partial charge in [0.25, 0.3) is 5.91 Å². The second-order valence-electron chi connectivity index (χ2n) is 7.70. The summed E-state index contributed by atoms with van der Waals surface area (Å²) < 4.78 is 38.3. The number of hydrogen-bond donors (Lipinski definition) is 1. The number of rotatable bonds is 8. The van der Waals surface area contributed by atoms with Gasteiger partial charge in [-0.1, -0.05) is 36.4 Å². The van der Waals surface area contributed by atoms with Crippen molar-refractivity contribution in [1.82, 2.24) is 9.62 Å². The number of para-hydroxylation sites is 2. The summed E-state index contributed by atoms with van der Waals surface area (Å²) in [6.07, 6.45) is 0.627. The molecule has 0 saturated carbocycles. The lowest BCUT2D eigenvalue weighted by molar-refractivity contribution is 0.0953. The minimum atomic E-state index is -3.52. The van der Waals surface area contributed by atoms with Gasteiger partial charge in [0.15, 0.2) is 0 Å². The van der Waals surface area contributed by atoms with Gasteiger partial charge in [-0.3, -0.25) is 4.79 Å². The number of nitrogens with zero attached hydrogens (tertiary/aromatic N) is 1. The van der Waals surface area contributed by atoms with Crippen LogP contribution >= 0.6 is 0 Å². The molecule has 0 unspecified atom stereocenters. The van der Waals surface area contributed by atoms with E-state index in [0.29, 0.717) is 36.6 Å². The number of hydrogen-bond acceptors (Lipinski definition) is 5. The third kappa shape index (κ3) is 5.53. The molecule has 0 spiro atoms. The molecule has 7 nitrogen and oxygen atoms in total. The van der Waals surface area contributed by atoms with Gasteiger partial charge in [0, 0.05) is 19.6 Å². The monoisotopic (exact) mass is 466 g/mol. The van der Waals surface area contributed by atoms with E-state index in [9.17, 15) is 13.2 Å². The second-order valence-corrected chi connectivity index (χ2v) is 9.79. The van der Waals surface area contributed by atoms with Crippen molar-refractivity contribution in [3.63, 3.8) is 0 Å². The summed E-state index contributed by atoms with van der Waals surface area (Å²) in [6.45, 7) is 0.736. The fourth-order valence-electron chi connectivity index (χ4n) is 3.74. The lowest BCUT2D eigenvalue weighted by atomic mass is 10.0. The van der Waals surface area contributed by atoms with E-state index >= 15 is 0 Å². The maximum atomic E-state index is 12.9. The van der Waals surface area contributed by atoms with Crippen molar-refractivity contribution in [3.8, 4) is 17.2 Å². The molecule has 1 N–H and O–H groups in total. The first-order valence-electron chi connectivity index (χ1n) is 10.7. The van der Waals surface area contributed by atoms with E-state index < -0.39 is 10.0 Å². The number of carbonyl (C=O) groups is 1. The molecule has 33 heavy (non-hydrogen) atoms. The number of amides is 1. The molecule has 8 heteroatoms. The lowest BCUT2D eigenvalue weighted by Crippen LogP contribution is -2.40. The third-order valence-electron chi connectivity index (χ3n) is 5.53. The van der Waals surface area contributed by atoms with E-state index in [4.69, 9.17) is 9.47 Å². The van der Waals surface area contributed by atoms with Crippen LogP contribution < -0.4 is 14.8 Å². The Morgan fingerprint density at radius 2 is 1.73 bits per heavy atom. The summed E-state index contributed by atoms with van der Waals surface area (Å²) in [4.78, 5) is 12.7. The highest BCUT2D eigenvalue weighted by Crippen LogP contribution is 2.26. The van der Waals surface area contributed by atoms with Crippen molar-refractivity contribution < 1.29 is 22.7 Å². The van der Waals surface area contributed by atoms with Gasteiger partial charge in [-0.05, 0) is 53.9 Å². The first-order valence-corrected chi connectivity index (χ1v) is 12.3. The van der Waals surface area contributed by atoms with E-state index in [2.05, 4.69) is 5.32 Å². The first-order chi connectivity index (χ1) is 16.0. The van der Waals surface area contributed by atoms with Crippen LogP contribution in [0.15, 0.2) is 72.8 Å². The van der Waals surface area contributed by atoms with Crippen LogP contribution in [0.3, 0.4) is 0 Å². The molecule has 1 amide bonds. The summed E-state index contributed by atoms with van der Waals surface area (Å²) in [5.74, 6) is 1.24. The van der Waals surface area contributed by atoms with Crippen molar-refractivity contribution in [2.24, 2.45) is 0 Å². The lowest BCUT2D eigenvalue weighted by Gasteiger charge is -2.28. The predicted octanol–water partition coefficient (Wildman–Crippen LogP) is 3.61. The van der Waals surface area contributed by atoms with Gasteiger partial charge in [-0.15, -0.1) is 0 Å². The summed E-state index contributed by atoms with van der Waals surface area (Å²) in [6, 6.07) is 21.7. The van der Waals surface area contributed by atoms with E-state index in [1.54, 1.807) is 43.5 Å². The minimum absolute atomic E-state index is 0.00675. The molecule has 0 atom stereocenters. The molecule has 0 fully saturated rings. The van der Waals surface area contributed by atoms with Gasteiger partial charge in [0.05, 0.1) is 18.4 Å². The molecule has 3 aromatic carbocycles. The Bertz CT molecular complexity index is 1230. The Morgan fingerprint density at radius 3 is 2.52 bits per heavy atom. The van der Waals surface area contributed by atoms with Crippen molar-refractivity contribution in [1.29, 1.82) is 0 Å². The maximum Gasteiger partial charge on any atom is 0.255 e. The van der Waals surface area contributed by atoms with Crippen LogP contribution in [0.2, 0.25) is 0 Å². The largest absolute Gasteiger partial charge is 0.497 e. The van der Waals surface area contributed by atoms with Crippen molar-refractivity contribution in [3.05, 3.63) is 89.5 Å². The normalized spacial score (nSPS) is 13.7. The smallest absolute Gasteiger partial charge is 0.255 e. The van der Waals surface area contributed by atoms with Crippen LogP contribution in [0.1, 0.15) is 21.5 Å². The number of nitrogens with one attached hydrogen (secondary N) is 1. The number of ether oxygens (including phenoxy) is 2. The Balaban J connectivity index is 1.36. The number of sulfonamides is 1. The molecule has 1 heterocycles. The quantitative estimate of drug-likeness (QED) is 0.548. The van der Waals surface area contributed by atoms with Crippen LogP contribution in [-0.4, -0.2) is 44.6 Å². The molecule has 0 aromatic heterocycles. The summed E-state index contributed by atoms with van der Waals surface area (Å²) >= 11 is 0. The maximum absolute atomic E-state index is 12.9. The molecule has 0 saturated heterocycles. The van der Waals surface area contributed by atoms with Crippen LogP contribution in [0.25, 0.3) is 0 Å². The predicted molar refractivity (Wildman–Crippen MR) is 126 cm³/mol. The van der Waals surface area contributed by atoms with E-state index in [0.717, 1.165) is 16.9 Å². The van der Waals surface area contributed by atoms with E-state index in [-0.39, 0.29) is 18.2 Å². The fraction of sp³-hybridized carbons (Fsp3) is 0.240. The molecular formula is C25H26N2O5S. The summed E-state index contributed by atoms with van der Waals surface area (Å²) in [7, 11) is -1.91. The Hall–Kier alpha value is -3.36. The number of methoxy groups -OCH3 is 1. The van der Waals surface area contributed by atoms with Crippen LogP contribution in [0.4, 0.5) is 0 Å². The second kappa shape index (κ2) is 10.1. The Labute approximate surface area is 194 Å². The van der Waals surface area contributed by atoms with Crippen LogP contribution in [0, 0.1) is 0 Å². The van der Waals surface area contributed by atoms with Crippen molar-refractivity contribution >= 4 is 15.9 Å². The molecule has 3 aromatic rings. The zero-order chi connectivity index (χ0) is 23.3. The highest BCUT2D eigenvalue weighted by Gasteiger charge is 2.27. The standard InChI is InChI=1S/C25H26N2O5S/c1-31-22-12-11-20-18-27(15-13-19(20)17-22)33(29,30)16-14-26-25(28)23-9-5-6-10-24(23)32-21-7-3-2-4-8-21/h2-12,17H,13-16,18H2,1H3,(H,26,28). The SMILES string of the molecule is COc1ccc2c(c1)CCN(S(=O)(=O)CCNC(=O)c1ccccc1Oc1ccccc1)C2. The Morgan fingerprint density at radius 1 is 0.970 bits per heavy atom. The topological polar surface area (TPSA) is 84.9 Å². The highest BCUT2D eigenvalue weighted by molar-refractivity contribution is 7.89. The fourth-order valence-corrected chi connectivity index (χ4v) is 5.07. The van der Waals surface area contributed by atoms with Crippen molar-refractivity contribution in [2.45, 2.75) is 13.0 Å². The average molecular weight is 467 g/mol. The number of benzene rings is 3. The highest BCUT2D eigenvalue weighted by atomic mass is 32.2. The van der Waals surface area contributed by atoms with Gasteiger partial charge in [0.2, 0.25) is 10.0 Å². The summed E-state index contributed by atoms with van der Waals surface area (Å²) in [5, 5.41) is 2.71. The molecule has 0 bridgehead atoms. The van der Waals surface area contributed by atoms with E-state index in [1.807, 2.05) is 36.4 Å². The first kappa shape index (κ1) is 22.8. The average Bonchev–Trinajstić information content (AvgIpc) is 2.84. The van der Waals surface area contributed by atoms with Gasteiger partial charge < -0.3 is 14.8 Å². The third-order valence-corrected chi connectivity index (χ3v) is 7.35. The van der Waals surface area contributed by atoms with Crippen LogP contribution in [0.5, 0.6) is 17.2 Å². The molecule has 1 aliphatic heterocycles. The molecular weight excluding hydrogens is 440 g/mol.